The molecule has 1 fully saturated rings. The number of nitrogens with one attached hydrogen (secondary N) is 3. The summed E-state index contributed by atoms with van der Waals surface area (Å²) in [5, 5.41) is 9.62. The van der Waals surface area contributed by atoms with Gasteiger partial charge in [0, 0.05) is 57.2 Å². The predicted molar refractivity (Wildman–Crippen MR) is 151 cm³/mol. The van der Waals surface area contributed by atoms with Crippen molar-refractivity contribution >= 4 is 34.4 Å². The van der Waals surface area contributed by atoms with Crippen LogP contribution in [0.4, 0.5) is 17.5 Å². The lowest BCUT2D eigenvalue weighted by Crippen LogP contribution is -2.46. The van der Waals surface area contributed by atoms with Gasteiger partial charge in [0.2, 0.25) is 11.9 Å². The molecule has 3 N–H and O–H groups in total. The molecule has 5 rings (SSSR count). The summed E-state index contributed by atoms with van der Waals surface area (Å²) < 4.78 is 8.13. The maximum Gasteiger partial charge on any atom is 0.239 e. The van der Waals surface area contributed by atoms with Crippen LogP contribution in [0.2, 0.25) is 0 Å². The number of piperazine rings is 1. The number of carbonyl (C=O) groups excluding carboxylic acids is 1. The highest BCUT2D eigenvalue weighted by Crippen LogP contribution is 2.30. The summed E-state index contributed by atoms with van der Waals surface area (Å²) in [7, 11) is 1.99. The van der Waals surface area contributed by atoms with Gasteiger partial charge in [-0.05, 0) is 41.3 Å². The molecule has 3 heterocycles. The fourth-order valence-electron chi connectivity index (χ4n) is 4.48. The molecule has 38 heavy (non-hydrogen) atoms. The summed E-state index contributed by atoms with van der Waals surface area (Å²) in [5.41, 5.74) is 4.13. The lowest BCUT2D eigenvalue weighted by Gasteiger charge is -2.26. The molecule has 9 nitrogen and oxygen atoms in total. The number of carbonyl (C=O) groups is 1. The first-order valence-corrected chi connectivity index (χ1v) is 13.0. The second kappa shape index (κ2) is 10.8. The van der Waals surface area contributed by atoms with Crippen molar-refractivity contribution in [3.05, 3.63) is 66.4 Å². The van der Waals surface area contributed by atoms with Crippen LogP contribution in [0, 0.1) is 0 Å². The number of pyridine rings is 1. The molecule has 0 spiro atoms. The first-order chi connectivity index (χ1) is 18.2. The van der Waals surface area contributed by atoms with Gasteiger partial charge in [-0.1, -0.05) is 32.9 Å². The number of ether oxygens (including phenoxy) is 1. The molecule has 0 atom stereocenters. The van der Waals surface area contributed by atoms with Crippen molar-refractivity contribution in [2.45, 2.75) is 26.2 Å². The Labute approximate surface area is 223 Å². The second-order valence-electron chi connectivity index (χ2n) is 10.7. The number of benzene rings is 2. The summed E-state index contributed by atoms with van der Waals surface area (Å²) in [6.07, 6.45) is 1.63. The third-order valence-corrected chi connectivity index (χ3v) is 6.65. The van der Waals surface area contributed by atoms with Gasteiger partial charge < -0.3 is 25.3 Å². The van der Waals surface area contributed by atoms with Crippen LogP contribution < -0.4 is 20.7 Å². The molecule has 1 aliphatic heterocycles. The van der Waals surface area contributed by atoms with E-state index in [2.05, 4.69) is 64.8 Å². The van der Waals surface area contributed by atoms with Gasteiger partial charge in [0.15, 0.2) is 0 Å². The summed E-state index contributed by atoms with van der Waals surface area (Å²) in [6.45, 7) is 10.5. The van der Waals surface area contributed by atoms with E-state index in [0.29, 0.717) is 23.9 Å². The number of fused-ring (bicyclic) bond motifs is 1. The maximum absolute atomic E-state index is 12.5. The second-order valence-corrected chi connectivity index (χ2v) is 10.7. The molecule has 0 unspecified atom stereocenters. The molecule has 0 bridgehead atoms. The maximum atomic E-state index is 12.5. The molecule has 4 aromatic rings. The number of hydrogen-bond donors (Lipinski definition) is 3. The van der Waals surface area contributed by atoms with Crippen LogP contribution in [-0.4, -0.2) is 58.1 Å². The first-order valence-electron chi connectivity index (χ1n) is 13.0. The van der Waals surface area contributed by atoms with Crippen molar-refractivity contribution in [2.24, 2.45) is 7.05 Å². The van der Waals surface area contributed by atoms with Crippen LogP contribution in [0.25, 0.3) is 11.0 Å². The average molecular weight is 514 g/mol. The Morgan fingerprint density at radius 2 is 1.84 bits per heavy atom. The Bertz CT molecular complexity index is 1430. The Balaban J connectivity index is 1.28. The number of hydrogen-bond acceptors (Lipinski definition) is 7. The fourth-order valence-corrected chi connectivity index (χ4v) is 4.48. The van der Waals surface area contributed by atoms with Crippen LogP contribution in [0.1, 0.15) is 26.3 Å². The van der Waals surface area contributed by atoms with Crippen molar-refractivity contribution < 1.29 is 9.53 Å². The van der Waals surface area contributed by atoms with E-state index < -0.39 is 0 Å². The number of nitrogens with zero attached hydrogens (tertiary/aromatic N) is 4. The summed E-state index contributed by atoms with van der Waals surface area (Å²) in [6, 6.07) is 17.7. The summed E-state index contributed by atoms with van der Waals surface area (Å²) in [4.78, 5) is 23.7. The van der Waals surface area contributed by atoms with Crippen molar-refractivity contribution in [1.29, 1.82) is 0 Å². The van der Waals surface area contributed by atoms with Gasteiger partial charge in [-0.25, -0.2) is 9.97 Å². The van der Waals surface area contributed by atoms with E-state index in [1.165, 1.54) is 5.56 Å². The Morgan fingerprint density at radius 3 is 2.63 bits per heavy atom. The number of rotatable bonds is 7. The number of amides is 1. The van der Waals surface area contributed by atoms with Crippen molar-refractivity contribution in [3.63, 3.8) is 0 Å². The zero-order chi connectivity index (χ0) is 26.7. The third-order valence-electron chi connectivity index (χ3n) is 6.65. The van der Waals surface area contributed by atoms with E-state index in [1.807, 2.05) is 35.9 Å². The molecule has 1 aliphatic rings. The van der Waals surface area contributed by atoms with Gasteiger partial charge in [-0.15, -0.1) is 0 Å². The van der Waals surface area contributed by atoms with Crippen LogP contribution in [0.15, 0.2) is 60.8 Å². The van der Waals surface area contributed by atoms with Crippen LogP contribution in [-0.2, 0) is 17.3 Å². The highest BCUT2D eigenvalue weighted by molar-refractivity contribution is 5.91. The molecule has 198 valence electrons. The molecule has 1 amide bonds. The minimum Gasteiger partial charge on any atom is -0.457 e. The van der Waals surface area contributed by atoms with E-state index in [1.54, 1.807) is 18.3 Å². The van der Waals surface area contributed by atoms with Crippen LogP contribution in [0.3, 0.4) is 0 Å². The molecule has 0 saturated carbocycles. The number of imidazole rings is 1. The summed E-state index contributed by atoms with van der Waals surface area (Å²) in [5.74, 6) is 2.37. The number of aromatic nitrogens is 3. The monoisotopic (exact) mass is 513 g/mol. The van der Waals surface area contributed by atoms with Gasteiger partial charge in [0.1, 0.15) is 17.3 Å². The normalized spacial score (nSPS) is 14.4. The quantitative estimate of drug-likeness (QED) is 0.331. The molecule has 9 heteroatoms. The third kappa shape index (κ3) is 6.12. The molecule has 1 saturated heterocycles. The van der Waals surface area contributed by atoms with Gasteiger partial charge in [-0.2, -0.15) is 0 Å². The molecular weight excluding hydrogens is 478 g/mol. The van der Waals surface area contributed by atoms with E-state index in [0.717, 1.165) is 48.8 Å². The Morgan fingerprint density at radius 1 is 1.05 bits per heavy atom. The standard InChI is InChI=1S/C29H35N7O2/c1-29(2,3)20-6-5-7-21(16-20)32-28-33-24-17-22(8-9-25(24)35(28)4)38-23-10-11-31-26(18-23)34-27(37)19-36-14-12-30-13-15-36/h5-11,16-18,30H,12-15,19H2,1-4H3,(H,32,33)(H,31,34,37). The molecule has 0 aliphatic carbocycles. The average Bonchev–Trinajstić information content (AvgIpc) is 3.18. The topological polar surface area (TPSA) is 96.3 Å². The van der Waals surface area contributed by atoms with Crippen LogP contribution in [0.5, 0.6) is 11.5 Å². The zero-order valence-electron chi connectivity index (χ0n) is 22.4. The molecule has 2 aromatic carbocycles. The van der Waals surface area contributed by atoms with Crippen molar-refractivity contribution in [1.82, 2.24) is 24.8 Å². The lowest BCUT2D eigenvalue weighted by atomic mass is 9.87. The predicted octanol–water partition coefficient (Wildman–Crippen LogP) is 4.65. The van der Waals surface area contributed by atoms with E-state index in [-0.39, 0.29) is 11.3 Å². The zero-order valence-corrected chi connectivity index (χ0v) is 22.4. The van der Waals surface area contributed by atoms with Crippen LogP contribution >= 0.6 is 0 Å². The summed E-state index contributed by atoms with van der Waals surface area (Å²) >= 11 is 0. The van der Waals surface area contributed by atoms with E-state index >= 15 is 0 Å². The number of anilines is 3. The van der Waals surface area contributed by atoms with E-state index in [9.17, 15) is 4.79 Å². The fraction of sp³-hybridized carbons (Fsp3) is 0.345. The van der Waals surface area contributed by atoms with Gasteiger partial charge in [-0.3, -0.25) is 9.69 Å². The van der Waals surface area contributed by atoms with Gasteiger partial charge >= 0.3 is 0 Å². The largest absolute Gasteiger partial charge is 0.457 e. The minimum absolute atomic E-state index is 0.0664. The lowest BCUT2D eigenvalue weighted by molar-refractivity contribution is -0.117. The van der Waals surface area contributed by atoms with E-state index in [4.69, 9.17) is 9.72 Å². The minimum atomic E-state index is -0.0838. The highest BCUT2D eigenvalue weighted by atomic mass is 16.5. The van der Waals surface area contributed by atoms with Crippen molar-refractivity contribution in [2.75, 3.05) is 43.4 Å². The molecular formula is C29H35N7O2. The molecule has 0 radical (unpaired) electrons. The smallest absolute Gasteiger partial charge is 0.239 e. The van der Waals surface area contributed by atoms with Gasteiger partial charge in [0.25, 0.3) is 0 Å². The van der Waals surface area contributed by atoms with Crippen molar-refractivity contribution in [3.8, 4) is 11.5 Å². The SMILES string of the molecule is Cn1c(Nc2cccc(C(C)(C)C)c2)nc2cc(Oc3ccnc(NC(=O)CN4CCNCC4)c3)ccc21. The highest BCUT2D eigenvalue weighted by Gasteiger charge is 2.16. The number of aryl methyl sites for hydroxylation is 1. The van der Waals surface area contributed by atoms with Gasteiger partial charge in [0.05, 0.1) is 17.6 Å². The first kappa shape index (κ1) is 25.7. The Hall–Kier alpha value is -3.95. The Kier molecular flexibility index (Phi) is 7.31. The molecule has 2 aromatic heterocycles.